The van der Waals surface area contributed by atoms with Crippen LogP contribution in [0.5, 0.6) is 0 Å². The number of rotatable bonds is 29. The minimum absolute atomic E-state index is 0.00757. The summed E-state index contributed by atoms with van der Waals surface area (Å²) in [6.07, 6.45) is -5.77. The summed E-state index contributed by atoms with van der Waals surface area (Å²) in [5.74, 6) is 0.715. The van der Waals surface area contributed by atoms with Gasteiger partial charge in [-0.2, -0.15) is 0 Å². The normalized spacial score (nSPS) is 23.1. The standard InChI is InChI=1S/C32H38O8S.C32H36O6S/c1-23(34)41-22-28-29(36-18-24-11-5-2-6-12-24)30(37-19-25-13-7-3-8-14-25)31(32(40-28)39-21-27(35)17-33)38-20-26-15-9-4-10-16-26;1-3-19-34-32-31(37-22-27-17-11-6-12-18-27)30(36-21-26-15-9-5-10-16-26)29(28(38-32)23-39-24(2)33)35-20-25-13-7-4-8-14-25/h2-16,27-33,35H,17-22H2,1H3;3-18,28-32H,1,19-23H2,2H3. The van der Waals surface area contributed by atoms with E-state index in [1.165, 1.54) is 18.7 Å². The second kappa shape index (κ2) is 34.8. The first-order chi connectivity index (χ1) is 39.2. The lowest BCUT2D eigenvalue weighted by Gasteiger charge is -2.46. The van der Waals surface area contributed by atoms with E-state index < -0.39 is 74.1 Å². The molecule has 0 saturated carbocycles. The zero-order valence-electron chi connectivity index (χ0n) is 45.3. The maximum Gasteiger partial charge on any atom is 0.187 e. The molecule has 0 radical (unpaired) electrons. The molecule has 80 heavy (non-hydrogen) atoms. The summed E-state index contributed by atoms with van der Waals surface area (Å²) in [4.78, 5) is 23.9. The molecule has 2 aliphatic heterocycles. The van der Waals surface area contributed by atoms with E-state index in [-0.39, 0.29) is 30.1 Å². The van der Waals surface area contributed by atoms with Gasteiger partial charge in [0.15, 0.2) is 22.8 Å². The van der Waals surface area contributed by atoms with Gasteiger partial charge in [0.05, 0.1) is 71.7 Å². The summed E-state index contributed by atoms with van der Waals surface area (Å²) in [6, 6.07) is 59.2. The summed E-state index contributed by atoms with van der Waals surface area (Å²) >= 11 is 2.34. The van der Waals surface area contributed by atoms with Crippen LogP contribution in [0.4, 0.5) is 0 Å². The van der Waals surface area contributed by atoms with Crippen molar-refractivity contribution in [2.45, 2.75) is 121 Å². The Kier molecular flexibility index (Phi) is 27.1. The van der Waals surface area contributed by atoms with E-state index in [9.17, 15) is 19.8 Å². The third-order valence-corrected chi connectivity index (χ3v) is 14.6. The minimum atomic E-state index is -1.09. The highest BCUT2D eigenvalue weighted by molar-refractivity contribution is 8.13. The van der Waals surface area contributed by atoms with Crippen molar-refractivity contribution in [3.63, 3.8) is 0 Å². The molecule has 2 aliphatic rings. The largest absolute Gasteiger partial charge is 0.394 e. The summed E-state index contributed by atoms with van der Waals surface area (Å²) in [7, 11) is 0. The number of aliphatic hydroxyl groups excluding tert-OH is 2. The molecule has 2 heterocycles. The van der Waals surface area contributed by atoms with Crippen molar-refractivity contribution in [3.8, 4) is 0 Å². The van der Waals surface area contributed by atoms with Crippen LogP contribution in [0.15, 0.2) is 195 Å². The molecule has 0 aromatic heterocycles. The Hall–Kier alpha value is -5.38. The average Bonchev–Trinajstić information content (AvgIpc) is 3.52. The zero-order chi connectivity index (χ0) is 56.2. The SMILES string of the molecule is C=CCOC1OC(CSC(C)=O)C(OCc2ccccc2)C(OCc2ccccc2)C1OCc1ccccc1.CC(=O)SCC1OC(OCC(O)CO)C(OCc2ccccc2)C(OCc2ccccc2)C1OCc1ccccc1. The van der Waals surface area contributed by atoms with Gasteiger partial charge in [0, 0.05) is 25.4 Å². The molecule has 0 aliphatic carbocycles. The van der Waals surface area contributed by atoms with E-state index in [0.717, 1.165) is 45.1 Å². The quantitative estimate of drug-likeness (QED) is 0.0426. The minimum Gasteiger partial charge on any atom is -0.394 e. The van der Waals surface area contributed by atoms with Crippen molar-refractivity contribution in [1.82, 2.24) is 0 Å². The van der Waals surface area contributed by atoms with Crippen LogP contribution in [0.3, 0.4) is 0 Å². The molecule has 2 N–H and O–H groups in total. The lowest BCUT2D eigenvalue weighted by molar-refractivity contribution is -0.322. The Balaban J connectivity index is 0.000000231. The highest BCUT2D eigenvalue weighted by atomic mass is 32.2. The van der Waals surface area contributed by atoms with Crippen LogP contribution >= 0.6 is 23.5 Å². The molecule has 0 amide bonds. The number of ether oxygens (including phenoxy) is 10. The van der Waals surface area contributed by atoms with Crippen molar-refractivity contribution in [2.75, 3.05) is 31.3 Å². The molecule has 16 heteroatoms. The van der Waals surface area contributed by atoms with Gasteiger partial charge in [-0.25, -0.2) is 0 Å². The fraction of sp³-hybridized carbons (Fsp3) is 0.375. The number of hydrogen-bond donors (Lipinski definition) is 2. The Morgan fingerprint density at radius 3 is 1.00 bits per heavy atom. The monoisotopic (exact) mass is 1130 g/mol. The van der Waals surface area contributed by atoms with Crippen LogP contribution < -0.4 is 0 Å². The Bertz CT molecular complexity index is 2640. The topological polar surface area (TPSA) is 167 Å². The maximum atomic E-state index is 11.9. The predicted octanol–water partition coefficient (Wildman–Crippen LogP) is 10.1. The first-order valence-electron chi connectivity index (χ1n) is 26.8. The first kappa shape index (κ1) is 62.2. The van der Waals surface area contributed by atoms with Crippen LogP contribution in [-0.2, 0) is 96.6 Å². The molecular weight excluding hydrogens is 1060 g/mol. The lowest BCUT2D eigenvalue weighted by Crippen LogP contribution is -2.61. The Morgan fingerprint density at radius 1 is 0.450 bits per heavy atom. The van der Waals surface area contributed by atoms with Gasteiger partial charge >= 0.3 is 0 Å². The average molecular weight is 1130 g/mol. The third kappa shape index (κ3) is 20.9. The number of carbonyl (C=O) groups excluding carboxylic acids is 2. The number of aliphatic hydroxyl groups is 2. The molecule has 11 atom stereocenters. The molecule has 2 fully saturated rings. The number of benzene rings is 6. The van der Waals surface area contributed by atoms with Gasteiger partial charge in [-0.15, -0.1) is 6.58 Å². The summed E-state index contributed by atoms with van der Waals surface area (Å²) < 4.78 is 64.0. The summed E-state index contributed by atoms with van der Waals surface area (Å²) in [6.45, 7) is 8.45. The van der Waals surface area contributed by atoms with Crippen LogP contribution in [-0.4, -0.2) is 119 Å². The van der Waals surface area contributed by atoms with Crippen molar-refractivity contribution in [3.05, 3.63) is 228 Å². The number of hydrogen-bond acceptors (Lipinski definition) is 16. The Labute approximate surface area is 479 Å². The molecule has 0 bridgehead atoms. The van der Waals surface area contributed by atoms with Crippen molar-refractivity contribution in [1.29, 1.82) is 0 Å². The molecule has 2 saturated heterocycles. The van der Waals surface area contributed by atoms with Gasteiger partial charge in [-0.3, -0.25) is 9.59 Å². The van der Waals surface area contributed by atoms with Gasteiger partial charge in [0.2, 0.25) is 0 Å². The van der Waals surface area contributed by atoms with Gasteiger partial charge in [0.1, 0.15) is 42.7 Å². The van der Waals surface area contributed by atoms with E-state index >= 15 is 0 Å². The number of thioether (sulfide) groups is 2. The van der Waals surface area contributed by atoms with Gasteiger partial charge < -0.3 is 57.6 Å². The van der Waals surface area contributed by atoms with Gasteiger partial charge in [0.25, 0.3) is 0 Å². The highest BCUT2D eigenvalue weighted by Crippen LogP contribution is 2.35. The summed E-state index contributed by atoms with van der Waals surface area (Å²) in [5.41, 5.74) is 6.01. The molecule has 14 nitrogen and oxygen atoms in total. The maximum absolute atomic E-state index is 11.9. The van der Waals surface area contributed by atoms with E-state index in [0.29, 0.717) is 44.5 Å². The van der Waals surface area contributed by atoms with Gasteiger partial charge in [-0.1, -0.05) is 212 Å². The van der Waals surface area contributed by atoms with E-state index in [4.69, 9.17) is 47.4 Å². The van der Waals surface area contributed by atoms with E-state index in [2.05, 4.69) is 6.58 Å². The van der Waals surface area contributed by atoms with Crippen LogP contribution in [0.1, 0.15) is 47.2 Å². The van der Waals surface area contributed by atoms with Crippen molar-refractivity contribution >= 4 is 33.8 Å². The van der Waals surface area contributed by atoms with E-state index in [1.807, 2.05) is 182 Å². The molecular formula is C64H74O14S2. The van der Waals surface area contributed by atoms with Crippen molar-refractivity contribution < 1.29 is 67.2 Å². The third-order valence-electron chi connectivity index (χ3n) is 12.8. The highest BCUT2D eigenvalue weighted by Gasteiger charge is 2.50. The fourth-order valence-corrected chi connectivity index (χ4v) is 10.2. The van der Waals surface area contributed by atoms with E-state index in [1.54, 1.807) is 13.0 Å². The van der Waals surface area contributed by atoms with Crippen molar-refractivity contribution in [2.24, 2.45) is 0 Å². The molecule has 0 spiro atoms. The molecule has 6 aromatic rings. The van der Waals surface area contributed by atoms with Gasteiger partial charge in [-0.05, 0) is 33.4 Å². The predicted molar refractivity (Wildman–Crippen MR) is 309 cm³/mol. The molecule has 6 aromatic carbocycles. The fourth-order valence-electron chi connectivity index (χ4n) is 8.85. The molecule has 426 valence electrons. The molecule has 8 rings (SSSR count). The zero-order valence-corrected chi connectivity index (χ0v) is 47.0. The number of carbonyl (C=O) groups is 2. The Morgan fingerprint density at radius 2 is 0.725 bits per heavy atom. The van der Waals surface area contributed by atoms with Crippen LogP contribution in [0.25, 0.3) is 0 Å². The second-order valence-corrected chi connectivity index (χ2v) is 21.4. The smallest absolute Gasteiger partial charge is 0.187 e. The molecule has 11 unspecified atom stereocenters. The van der Waals surface area contributed by atoms with Crippen LogP contribution in [0, 0.1) is 0 Å². The first-order valence-corrected chi connectivity index (χ1v) is 28.8. The van der Waals surface area contributed by atoms with Crippen LogP contribution in [0.2, 0.25) is 0 Å². The summed E-state index contributed by atoms with van der Waals surface area (Å²) in [5, 5.41) is 19.4. The lowest BCUT2D eigenvalue weighted by atomic mass is 9.98. The second-order valence-electron chi connectivity index (χ2n) is 19.1.